The molecule has 0 N–H and O–H groups in total. The summed E-state index contributed by atoms with van der Waals surface area (Å²) in [5, 5.41) is 13.9. The van der Waals surface area contributed by atoms with Crippen LogP contribution in [0.3, 0.4) is 0 Å². The van der Waals surface area contributed by atoms with Gasteiger partial charge in [-0.25, -0.2) is 0 Å². The van der Waals surface area contributed by atoms with Crippen molar-refractivity contribution in [2.75, 3.05) is 19.1 Å². The van der Waals surface area contributed by atoms with E-state index in [1.807, 2.05) is 61.8 Å². The first kappa shape index (κ1) is 28.5. The molecule has 0 aliphatic carbocycles. The van der Waals surface area contributed by atoms with Crippen molar-refractivity contribution >= 4 is 29.0 Å². The number of hydrogen-bond donors (Lipinski definition) is 0. The molecule has 0 saturated heterocycles. The van der Waals surface area contributed by atoms with Crippen LogP contribution in [0.15, 0.2) is 43.1 Å². The van der Waals surface area contributed by atoms with Crippen molar-refractivity contribution in [1.29, 1.82) is 0 Å². The van der Waals surface area contributed by atoms with Crippen molar-refractivity contribution in [2.24, 2.45) is 0 Å². The quantitative estimate of drug-likeness (QED) is 0.184. The molecule has 0 saturated carbocycles. The lowest BCUT2D eigenvalue weighted by Gasteiger charge is -2.32. The third-order valence-electron chi connectivity index (χ3n) is 6.82. The van der Waals surface area contributed by atoms with Gasteiger partial charge in [-0.3, -0.25) is 9.08 Å². The number of nitrogens with zero attached hydrogens (tertiary/aromatic N) is 6. The summed E-state index contributed by atoms with van der Waals surface area (Å²) in [6.07, 6.45) is -0.266. The van der Waals surface area contributed by atoms with Gasteiger partial charge in [0.15, 0.2) is 5.75 Å². The van der Waals surface area contributed by atoms with E-state index in [1.54, 1.807) is 17.9 Å². The van der Waals surface area contributed by atoms with E-state index in [1.165, 1.54) is 0 Å². The van der Waals surface area contributed by atoms with Crippen LogP contribution >= 0.6 is 11.6 Å². The Hall–Kier alpha value is -3.53. The highest BCUT2D eigenvalue weighted by Gasteiger charge is 2.30. The van der Waals surface area contributed by atoms with Crippen LogP contribution in [-0.4, -0.2) is 44.7 Å². The Bertz CT molecular complexity index is 1440. The molecule has 0 aliphatic heterocycles. The second kappa shape index (κ2) is 11.7. The van der Waals surface area contributed by atoms with Crippen molar-refractivity contribution in [3.05, 3.63) is 76.5 Å². The predicted molar refractivity (Wildman–Crippen MR) is 148 cm³/mol. The molecular formula is C28H32ClF3N6O. The van der Waals surface area contributed by atoms with E-state index in [0.717, 1.165) is 28.2 Å². The highest BCUT2D eigenvalue weighted by atomic mass is 35.5. The van der Waals surface area contributed by atoms with E-state index in [-0.39, 0.29) is 12.5 Å². The van der Waals surface area contributed by atoms with Gasteiger partial charge >= 0.3 is 6.18 Å². The van der Waals surface area contributed by atoms with Gasteiger partial charge in [0.1, 0.15) is 5.82 Å². The molecule has 0 bridgehead atoms. The van der Waals surface area contributed by atoms with Gasteiger partial charge in [-0.1, -0.05) is 37.2 Å². The van der Waals surface area contributed by atoms with Crippen LogP contribution in [0.1, 0.15) is 60.6 Å². The molecule has 0 aliphatic rings. The molecule has 3 aromatic heterocycles. The molecular weight excluding hydrogens is 529 g/mol. The maximum Gasteiger partial charge on any atom is 0.389 e. The lowest BCUT2D eigenvalue weighted by atomic mass is 9.93. The number of aryl methyl sites for hydroxylation is 3. The number of alkyl halides is 3. The summed E-state index contributed by atoms with van der Waals surface area (Å²) >= 11 is 6.23. The Morgan fingerprint density at radius 2 is 1.90 bits per heavy atom. The standard InChI is InChI=1S/C28H32ClF3N6O/c1-6-22-25(23(7-2)38(35-22)15-9-8-14-28(30,31)32)26(19-10-12-20(29)13-11-19)36(4)21-16-24(39-5)27-34-33-18(3)37(27)17-21/h7,10-13,16-17,26H,2,6,8-9,14-15H2,1,3-5H3. The zero-order valence-corrected chi connectivity index (χ0v) is 23.2. The van der Waals surface area contributed by atoms with Crippen LogP contribution in [0.25, 0.3) is 11.7 Å². The van der Waals surface area contributed by atoms with E-state index < -0.39 is 12.6 Å². The van der Waals surface area contributed by atoms with Crippen LogP contribution < -0.4 is 9.64 Å². The number of ether oxygens (including phenoxy) is 1. The van der Waals surface area contributed by atoms with Gasteiger partial charge in [-0.05, 0) is 50.0 Å². The first-order valence-electron chi connectivity index (χ1n) is 12.7. The lowest BCUT2D eigenvalue weighted by Crippen LogP contribution is -2.27. The molecule has 0 spiro atoms. The molecule has 1 unspecified atom stereocenters. The summed E-state index contributed by atoms with van der Waals surface area (Å²) in [7, 11) is 3.57. The highest BCUT2D eigenvalue weighted by molar-refractivity contribution is 6.30. The zero-order valence-electron chi connectivity index (χ0n) is 22.5. The smallest absolute Gasteiger partial charge is 0.389 e. The number of unbranched alkanes of at least 4 members (excludes halogenated alkanes) is 1. The van der Waals surface area contributed by atoms with E-state index in [2.05, 4.69) is 21.7 Å². The molecule has 0 fully saturated rings. The van der Waals surface area contributed by atoms with E-state index in [0.29, 0.717) is 41.6 Å². The van der Waals surface area contributed by atoms with Crippen molar-refractivity contribution in [3.8, 4) is 5.75 Å². The molecule has 1 atom stereocenters. The fourth-order valence-corrected chi connectivity index (χ4v) is 4.98. The molecule has 1 aromatic carbocycles. The summed E-state index contributed by atoms with van der Waals surface area (Å²) in [5.41, 5.74) is 4.99. The second-order valence-corrected chi connectivity index (χ2v) is 9.81. The van der Waals surface area contributed by atoms with Gasteiger partial charge in [0.2, 0.25) is 5.65 Å². The summed E-state index contributed by atoms with van der Waals surface area (Å²) in [4.78, 5) is 2.11. The van der Waals surface area contributed by atoms with Gasteiger partial charge < -0.3 is 9.64 Å². The van der Waals surface area contributed by atoms with Gasteiger partial charge in [-0.15, -0.1) is 10.2 Å². The number of aromatic nitrogens is 5. The third-order valence-corrected chi connectivity index (χ3v) is 7.07. The summed E-state index contributed by atoms with van der Waals surface area (Å²) in [5.74, 6) is 1.30. The number of hydrogen-bond acceptors (Lipinski definition) is 5. The minimum Gasteiger partial charge on any atom is -0.493 e. The predicted octanol–water partition coefficient (Wildman–Crippen LogP) is 7.06. The summed E-state index contributed by atoms with van der Waals surface area (Å²) in [6, 6.07) is 9.21. The van der Waals surface area contributed by atoms with E-state index >= 15 is 0 Å². The van der Waals surface area contributed by atoms with Gasteiger partial charge in [-0.2, -0.15) is 18.3 Å². The molecule has 4 rings (SSSR count). The zero-order chi connectivity index (χ0) is 28.3. The summed E-state index contributed by atoms with van der Waals surface area (Å²) in [6.45, 7) is 8.29. The van der Waals surface area contributed by atoms with Crippen molar-refractivity contribution in [2.45, 2.75) is 58.3 Å². The molecule has 7 nitrogen and oxygen atoms in total. The summed E-state index contributed by atoms with van der Waals surface area (Å²) < 4.78 is 47.4. The van der Waals surface area contributed by atoms with Crippen LogP contribution in [-0.2, 0) is 13.0 Å². The number of methoxy groups -OCH3 is 1. The van der Waals surface area contributed by atoms with Crippen LogP contribution in [0.2, 0.25) is 5.02 Å². The minimum atomic E-state index is -4.17. The van der Waals surface area contributed by atoms with Gasteiger partial charge in [0.05, 0.1) is 30.2 Å². The average molecular weight is 561 g/mol. The van der Waals surface area contributed by atoms with Crippen LogP contribution in [0.4, 0.5) is 18.9 Å². The molecule has 0 radical (unpaired) electrons. The first-order valence-corrected chi connectivity index (χ1v) is 13.1. The largest absolute Gasteiger partial charge is 0.493 e. The molecule has 208 valence electrons. The fourth-order valence-electron chi connectivity index (χ4n) is 4.85. The number of fused-ring (bicyclic) bond motifs is 1. The Morgan fingerprint density at radius 1 is 1.18 bits per heavy atom. The third kappa shape index (κ3) is 6.06. The number of rotatable bonds is 11. The topological polar surface area (TPSA) is 60.5 Å². The van der Waals surface area contributed by atoms with Gasteiger partial charge in [0.25, 0.3) is 0 Å². The number of halogens is 4. The first-order chi connectivity index (χ1) is 18.6. The number of anilines is 1. The molecule has 0 amide bonds. The van der Waals surface area contributed by atoms with Crippen molar-refractivity contribution in [1.82, 2.24) is 24.4 Å². The van der Waals surface area contributed by atoms with Crippen LogP contribution in [0, 0.1) is 6.92 Å². The normalized spacial score (nSPS) is 12.6. The highest BCUT2D eigenvalue weighted by Crippen LogP contribution is 2.38. The van der Waals surface area contributed by atoms with Crippen LogP contribution in [0.5, 0.6) is 5.75 Å². The Kier molecular flexibility index (Phi) is 8.54. The Labute approximate surface area is 230 Å². The monoisotopic (exact) mass is 560 g/mol. The van der Waals surface area contributed by atoms with Crippen molar-refractivity contribution < 1.29 is 17.9 Å². The lowest BCUT2D eigenvalue weighted by molar-refractivity contribution is -0.135. The fraction of sp³-hybridized carbons (Fsp3) is 0.393. The average Bonchev–Trinajstić information content (AvgIpc) is 3.46. The number of pyridine rings is 1. The minimum absolute atomic E-state index is 0.0371. The maximum absolute atomic E-state index is 12.7. The molecule has 11 heteroatoms. The number of benzene rings is 1. The second-order valence-electron chi connectivity index (χ2n) is 9.37. The molecule has 39 heavy (non-hydrogen) atoms. The van der Waals surface area contributed by atoms with Gasteiger partial charge in [0, 0.05) is 42.9 Å². The molecule has 3 heterocycles. The molecule has 4 aromatic rings. The van der Waals surface area contributed by atoms with Crippen molar-refractivity contribution in [3.63, 3.8) is 0 Å². The maximum atomic E-state index is 12.7. The SMILES string of the molecule is C=Cc1c(C(c2ccc(Cl)cc2)N(C)c2cc(OC)c3nnc(C)n3c2)c(CC)nn1CCCCC(F)(F)F. The Balaban J connectivity index is 1.83. The Morgan fingerprint density at radius 3 is 2.51 bits per heavy atom. The van der Waals surface area contributed by atoms with E-state index in [4.69, 9.17) is 21.4 Å². The van der Waals surface area contributed by atoms with E-state index in [9.17, 15) is 13.2 Å².